The van der Waals surface area contributed by atoms with Crippen LogP contribution in [0.4, 0.5) is 0 Å². The third-order valence-electron chi connectivity index (χ3n) is 7.79. The number of aliphatic carboxylic acids is 1. The molecule has 194 valence electrons. The van der Waals surface area contributed by atoms with Crippen LogP contribution in [-0.4, -0.2) is 23.3 Å². The third-order valence-corrected chi connectivity index (χ3v) is 7.79. The second kappa shape index (κ2) is 14.0. The van der Waals surface area contributed by atoms with Gasteiger partial charge in [-0.05, 0) is 86.5 Å². The highest BCUT2D eigenvalue weighted by Gasteiger charge is 2.23. The fourth-order valence-electron chi connectivity index (χ4n) is 4.93. The zero-order chi connectivity index (χ0) is 25.3. The van der Waals surface area contributed by atoms with Gasteiger partial charge in [-0.3, -0.25) is 0 Å². The Kier molecular flexibility index (Phi) is 11.7. The van der Waals surface area contributed by atoms with Crippen LogP contribution >= 0.6 is 0 Å². The molecule has 1 aliphatic heterocycles. The van der Waals surface area contributed by atoms with Crippen LogP contribution in [-0.2, 0) is 11.2 Å². The summed E-state index contributed by atoms with van der Waals surface area (Å²) in [6.45, 7) is 15.4. The molecule has 4 nitrogen and oxygen atoms in total. The molecule has 5 atom stereocenters. The van der Waals surface area contributed by atoms with Crippen LogP contribution in [0.2, 0.25) is 0 Å². The monoisotopic (exact) mass is 474 g/mol. The Labute approximate surface area is 208 Å². The van der Waals surface area contributed by atoms with E-state index in [-0.39, 0.29) is 6.10 Å². The Morgan fingerprint density at radius 2 is 1.68 bits per heavy atom. The van der Waals surface area contributed by atoms with Gasteiger partial charge in [0, 0.05) is 0 Å². The SMILES string of the molecule is Cc1cc2c(cc1OC(C)C(=O)O)CC[C@@H](CCC[C@H](C)CCC[C@@H](C)C(C)CCC(C)C)O2. The van der Waals surface area contributed by atoms with Crippen molar-refractivity contribution in [3.63, 3.8) is 0 Å². The van der Waals surface area contributed by atoms with Crippen LogP contribution in [0, 0.1) is 30.6 Å². The lowest BCUT2D eigenvalue weighted by molar-refractivity contribution is -0.144. The first-order chi connectivity index (χ1) is 16.1. The maximum Gasteiger partial charge on any atom is 0.344 e. The largest absolute Gasteiger partial charge is 0.490 e. The lowest BCUT2D eigenvalue weighted by Crippen LogP contribution is -2.25. The van der Waals surface area contributed by atoms with E-state index in [0.717, 1.165) is 59.8 Å². The van der Waals surface area contributed by atoms with Crippen LogP contribution in [0.3, 0.4) is 0 Å². The van der Waals surface area contributed by atoms with E-state index in [1.807, 2.05) is 19.1 Å². The predicted molar refractivity (Wildman–Crippen MR) is 141 cm³/mol. The first-order valence-corrected chi connectivity index (χ1v) is 13.8. The molecule has 2 unspecified atom stereocenters. The second-order valence-electron chi connectivity index (χ2n) is 11.5. The van der Waals surface area contributed by atoms with Gasteiger partial charge in [-0.15, -0.1) is 0 Å². The van der Waals surface area contributed by atoms with Crippen molar-refractivity contribution < 1.29 is 19.4 Å². The summed E-state index contributed by atoms with van der Waals surface area (Å²) in [6.07, 6.45) is 11.8. The van der Waals surface area contributed by atoms with E-state index < -0.39 is 12.1 Å². The molecule has 0 bridgehead atoms. The molecule has 1 aromatic carbocycles. The summed E-state index contributed by atoms with van der Waals surface area (Å²) >= 11 is 0. The number of rotatable bonds is 15. The molecular weight excluding hydrogens is 424 g/mol. The number of carbonyl (C=O) groups is 1. The minimum absolute atomic E-state index is 0.283. The van der Waals surface area contributed by atoms with Crippen molar-refractivity contribution in [2.45, 2.75) is 125 Å². The second-order valence-corrected chi connectivity index (χ2v) is 11.5. The average molecular weight is 475 g/mol. The molecule has 34 heavy (non-hydrogen) atoms. The van der Waals surface area contributed by atoms with Crippen molar-refractivity contribution in [1.29, 1.82) is 0 Å². The predicted octanol–water partition coefficient (Wildman–Crippen LogP) is 8.23. The molecule has 1 heterocycles. The van der Waals surface area contributed by atoms with Crippen molar-refractivity contribution in [1.82, 2.24) is 0 Å². The van der Waals surface area contributed by atoms with Gasteiger partial charge in [0.05, 0.1) is 6.10 Å². The summed E-state index contributed by atoms with van der Waals surface area (Å²) in [6, 6.07) is 3.98. The summed E-state index contributed by atoms with van der Waals surface area (Å²) in [5.41, 5.74) is 2.05. The lowest BCUT2D eigenvalue weighted by Gasteiger charge is -2.28. The topological polar surface area (TPSA) is 55.8 Å². The van der Waals surface area contributed by atoms with Gasteiger partial charge < -0.3 is 14.6 Å². The summed E-state index contributed by atoms with van der Waals surface area (Å²) in [4.78, 5) is 11.1. The van der Waals surface area contributed by atoms with Gasteiger partial charge in [-0.2, -0.15) is 0 Å². The number of aryl methyl sites for hydroxylation is 2. The van der Waals surface area contributed by atoms with Gasteiger partial charge in [-0.1, -0.05) is 73.1 Å². The summed E-state index contributed by atoms with van der Waals surface area (Å²) in [7, 11) is 0. The molecule has 0 radical (unpaired) electrons. The Morgan fingerprint density at radius 3 is 2.35 bits per heavy atom. The number of ether oxygens (including phenoxy) is 2. The number of hydrogen-bond donors (Lipinski definition) is 1. The molecule has 0 saturated carbocycles. The maximum absolute atomic E-state index is 11.1. The van der Waals surface area contributed by atoms with E-state index in [4.69, 9.17) is 14.6 Å². The minimum Gasteiger partial charge on any atom is -0.490 e. The highest BCUT2D eigenvalue weighted by Crippen LogP contribution is 2.35. The standard InChI is InChI=1S/C30H50O4/c1-20(2)14-15-23(5)22(4)12-8-10-21(3)11-9-13-27-17-16-26-19-28(33-25(7)30(31)32)24(6)18-29(26)34-27/h18-23,25,27H,8-17H2,1-7H3,(H,31,32)/t21-,22-,23?,25?,27-/m1/s1. The number of carboxylic acid groups (broad SMARTS) is 1. The molecule has 0 aromatic heterocycles. The molecule has 0 fully saturated rings. The molecule has 1 aliphatic rings. The first-order valence-electron chi connectivity index (χ1n) is 13.8. The van der Waals surface area contributed by atoms with Crippen molar-refractivity contribution in [3.05, 3.63) is 23.3 Å². The van der Waals surface area contributed by atoms with Gasteiger partial charge in [0.1, 0.15) is 11.5 Å². The first kappa shape index (κ1) is 28.5. The van der Waals surface area contributed by atoms with Crippen molar-refractivity contribution in [3.8, 4) is 11.5 Å². The normalized spacial score (nSPS) is 19.1. The van der Waals surface area contributed by atoms with Gasteiger partial charge in [0.2, 0.25) is 0 Å². The Bertz CT molecular complexity index is 756. The van der Waals surface area contributed by atoms with Gasteiger partial charge in [0.25, 0.3) is 0 Å². The number of fused-ring (bicyclic) bond motifs is 1. The van der Waals surface area contributed by atoms with Gasteiger partial charge in [-0.25, -0.2) is 4.79 Å². The summed E-state index contributed by atoms with van der Waals surface area (Å²) in [5, 5.41) is 9.11. The molecular formula is C30H50O4. The van der Waals surface area contributed by atoms with Crippen LogP contribution in [0.25, 0.3) is 0 Å². The fraction of sp³-hybridized carbons (Fsp3) is 0.767. The van der Waals surface area contributed by atoms with Crippen molar-refractivity contribution in [2.75, 3.05) is 0 Å². The van der Waals surface area contributed by atoms with Crippen LogP contribution in [0.5, 0.6) is 11.5 Å². The van der Waals surface area contributed by atoms with E-state index in [1.165, 1.54) is 44.9 Å². The van der Waals surface area contributed by atoms with Gasteiger partial charge in [0.15, 0.2) is 6.10 Å². The molecule has 0 saturated heterocycles. The summed E-state index contributed by atoms with van der Waals surface area (Å²) in [5.74, 6) is 3.92. The molecule has 0 spiro atoms. The lowest BCUT2D eigenvalue weighted by atomic mass is 9.85. The number of carboxylic acids is 1. The Morgan fingerprint density at radius 1 is 1.00 bits per heavy atom. The Balaban J connectivity index is 1.69. The van der Waals surface area contributed by atoms with Crippen molar-refractivity contribution in [2.24, 2.45) is 23.7 Å². The minimum atomic E-state index is -0.951. The van der Waals surface area contributed by atoms with Crippen molar-refractivity contribution >= 4 is 5.97 Å². The number of hydrogen-bond acceptors (Lipinski definition) is 3. The van der Waals surface area contributed by atoms with Crippen LogP contribution in [0.15, 0.2) is 12.1 Å². The molecule has 0 amide bonds. The quantitative estimate of drug-likeness (QED) is 0.278. The van der Waals surface area contributed by atoms with E-state index in [1.54, 1.807) is 6.92 Å². The summed E-state index contributed by atoms with van der Waals surface area (Å²) < 4.78 is 11.9. The van der Waals surface area contributed by atoms with E-state index in [9.17, 15) is 4.79 Å². The average Bonchev–Trinajstić information content (AvgIpc) is 2.77. The highest BCUT2D eigenvalue weighted by molar-refractivity contribution is 5.72. The fourth-order valence-corrected chi connectivity index (χ4v) is 4.93. The van der Waals surface area contributed by atoms with Crippen LogP contribution in [0.1, 0.15) is 110 Å². The molecule has 2 rings (SSSR count). The zero-order valence-electron chi connectivity index (χ0n) is 22.9. The van der Waals surface area contributed by atoms with E-state index >= 15 is 0 Å². The molecule has 0 aliphatic carbocycles. The Hall–Kier alpha value is -1.71. The highest BCUT2D eigenvalue weighted by atomic mass is 16.5. The smallest absolute Gasteiger partial charge is 0.344 e. The van der Waals surface area contributed by atoms with E-state index in [0.29, 0.717) is 5.75 Å². The zero-order valence-corrected chi connectivity index (χ0v) is 22.9. The molecule has 1 N–H and O–H groups in total. The van der Waals surface area contributed by atoms with E-state index in [2.05, 4.69) is 34.6 Å². The molecule has 1 aromatic rings. The number of benzene rings is 1. The van der Waals surface area contributed by atoms with Gasteiger partial charge >= 0.3 is 5.97 Å². The third kappa shape index (κ3) is 9.50. The maximum atomic E-state index is 11.1. The molecule has 4 heteroatoms. The van der Waals surface area contributed by atoms with Crippen LogP contribution < -0.4 is 9.47 Å².